The average Bonchev–Trinajstić information content (AvgIpc) is 2.50. The summed E-state index contributed by atoms with van der Waals surface area (Å²) in [5.74, 6) is -0.858. The summed E-state index contributed by atoms with van der Waals surface area (Å²) in [5.41, 5.74) is 0.944. The second-order valence-corrected chi connectivity index (χ2v) is 5.78. The summed E-state index contributed by atoms with van der Waals surface area (Å²) in [6.45, 7) is 5.91. The molecule has 0 saturated heterocycles. The summed E-state index contributed by atoms with van der Waals surface area (Å²) in [7, 11) is 1.22. The molecule has 0 unspecified atom stereocenters. The second-order valence-electron chi connectivity index (χ2n) is 5.78. The van der Waals surface area contributed by atoms with Crippen molar-refractivity contribution in [3.63, 3.8) is 0 Å². The zero-order valence-corrected chi connectivity index (χ0v) is 13.6. The van der Waals surface area contributed by atoms with Crippen molar-refractivity contribution in [1.82, 2.24) is 9.78 Å². The molecule has 1 aromatic carbocycles. The number of aryl methyl sites for hydroxylation is 1. The van der Waals surface area contributed by atoms with Crippen LogP contribution in [0.3, 0.4) is 0 Å². The Labute approximate surface area is 133 Å². The molecule has 0 saturated carbocycles. The number of halogens is 1. The van der Waals surface area contributed by atoms with Crippen molar-refractivity contribution in [3.05, 3.63) is 51.6 Å². The summed E-state index contributed by atoms with van der Waals surface area (Å²) in [6.07, 6.45) is 0. The van der Waals surface area contributed by atoms with Gasteiger partial charge in [-0.15, -0.1) is 0 Å². The number of carbonyl (C=O) groups is 1. The van der Waals surface area contributed by atoms with Gasteiger partial charge in [-0.3, -0.25) is 4.79 Å². The lowest BCUT2D eigenvalue weighted by molar-refractivity contribution is 0.0597. The van der Waals surface area contributed by atoms with Crippen molar-refractivity contribution < 1.29 is 13.9 Å². The molecule has 6 heteroatoms. The first-order valence-electron chi connectivity index (χ1n) is 7.30. The highest BCUT2D eigenvalue weighted by Crippen LogP contribution is 2.20. The van der Waals surface area contributed by atoms with Crippen LogP contribution in [-0.2, 0) is 11.3 Å². The Hall–Kier alpha value is -2.50. The summed E-state index contributed by atoms with van der Waals surface area (Å²) in [4.78, 5) is 24.2. The lowest BCUT2D eigenvalue weighted by atomic mass is 10.1. The van der Waals surface area contributed by atoms with Gasteiger partial charge in [0.15, 0.2) is 0 Å². The topological polar surface area (TPSA) is 61.2 Å². The third-order valence-electron chi connectivity index (χ3n) is 3.37. The van der Waals surface area contributed by atoms with E-state index in [4.69, 9.17) is 0 Å². The molecule has 2 rings (SSSR count). The molecule has 0 fully saturated rings. The summed E-state index contributed by atoms with van der Waals surface area (Å²) in [5, 5.41) is 4.30. The van der Waals surface area contributed by atoms with Crippen molar-refractivity contribution in [3.8, 4) is 11.3 Å². The molecular weight excluding hydrogens is 299 g/mol. The second kappa shape index (κ2) is 6.73. The van der Waals surface area contributed by atoms with Gasteiger partial charge in [-0.05, 0) is 42.7 Å². The molecule has 0 radical (unpaired) electrons. The molecule has 0 spiro atoms. The lowest BCUT2D eigenvalue weighted by Crippen LogP contribution is -2.31. The third kappa shape index (κ3) is 3.64. The number of esters is 1. The molecule has 23 heavy (non-hydrogen) atoms. The highest BCUT2D eigenvalue weighted by molar-refractivity contribution is 5.90. The fraction of sp³-hybridized carbons (Fsp3) is 0.353. The number of aromatic nitrogens is 2. The minimum absolute atomic E-state index is 0.0832. The normalized spacial score (nSPS) is 10.9. The largest absolute Gasteiger partial charge is 0.465 e. The Bertz CT molecular complexity index is 797. The van der Waals surface area contributed by atoms with Crippen LogP contribution in [0, 0.1) is 18.7 Å². The van der Waals surface area contributed by atoms with Crippen LogP contribution in [0.1, 0.15) is 29.8 Å². The molecule has 0 aliphatic carbocycles. The number of hydrogen-bond donors (Lipinski definition) is 0. The third-order valence-corrected chi connectivity index (χ3v) is 3.37. The molecule has 0 N–H and O–H groups in total. The molecule has 0 bridgehead atoms. The Morgan fingerprint density at radius 1 is 1.35 bits per heavy atom. The fourth-order valence-electron chi connectivity index (χ4n) is 2.21. The molecule has 1 aromatic heterocycles. The van der Waals surface area contributed by atoms with Crippen LogP contribution in [0.25, 0.3) is 11.3 Å². The van der Waals surface area contributed by atoms with E-state index in [-0.39, 0.29) is 17.3 Å². The highest BCUT2D eigenvalue weighted by Gasteiger charge is 2.17. The van der Waals surface area contributed by atoms with Crippen molar-refractivity contribution in [2.75, 3.05) is 7.11 Å². The van der Waals surface area contributed by atoms with E-state index in [1.165, 1.54) is 23.9 Å². The SMILES string of the molecule is COC(=O)c1cc(-c2ccc(F)c(C)c2)nn(CC(C)C)c1=O. The standard InChI is InChI=1S/C17H19FN2O3/c1-10(2)9-20-16(21)13(17(22)23-4)8-15(19-20)12-5-6-14(18)11(3)7-12/h5-8,10H,9H2,1-4H3. The fourth-order valence-corrected chi connectivity index (χ4v) is 2.21. The number of nitrogens with zero attached hydrogens (tertiary/aromatic N) is 2. The van der Waals surface area contributed by atoms with Crippen molar-refractivity contribution in [2.45, 2.75) is 27.3 Å². The van der Waals surface area contributed by atoms with E-state index < -0.39 is 11.5 Å². The van der Waals surface area contributed by atoms with Gasteiger partial charge in [0.25, 0.3) is 5.56 Å². The number of carbonyl (C=O) groups excluding carboxylic acids is 1. The molecular formula is C17H19FN2O3. The maximum atomic E-state index is 13.4. The van der Waals surface area contributed by atoms with Gasteiger partial charge in [0.1, 0.15) is 11.4 Å². The van der Waals surface area contributed by atoms with Gasteiger partial charge in [-0.1, -0.05) is 13.8 Å². The lowest BCUT2D eigenvalue weighted by Gasteiger charge is -2.12. The van der Waals surface area contributed by atoms with Crippen LogP contribution in [0.15, 0.2) is 29.1 Å². The van der Waals surface area contributed by atoms with Gasteiger partial charge in [0.2, 0.25) is 0 Å². The van der Waals surface area contributed by atoms with E-state index in [9.17, 15) is 14.0 Å². The first kappa shape index (κ1) is 16.9. The monoisotopic (exact) mass is 318 g/mol. The number of rotatable bonds is 4. The van der Waals surface area contributed by atoms with Crippen molar-refractivity contribution in [1.29, 1.82) is 0 Å². The quantitative estimate of drug-likeness (QED) is 0.813. The number of benzene rings is 1. The smallest absolute Gasteiger partial charge is 0.343 e. The van der Waals surface area contributed by atoms with E-state index >= 15 is 0 Å². The van der Waals surface area contributed by atoms with Gasteiger partial charge in [-0.2, -0.15) is 5.10 Å². The van der Waals surface area contributed by atoms with E-state index in [2.05, 4.69) is 9.84 Å². The van der Waals surface area contributed by atoms with Crippen LogP contribution in [0.4, 0.5) is 4.39 Å². The molecule has 0 aliphatic rings. The Balaban J connectivity index is 2.65. The Morgan fingerprint density at radius 3 is 2.61 bits per heavy atom. The highest BCUT2D eigenvalue weighted by atomic mass is 19.1. The molecule has 0 amide bonds. The first-order chi connectivity index (χ1) is 10.8. The van der Waals surface area contributed by atoms with Crippen LogP contribution in [-0.4, -0.2) is 22.9 Å². The number of methoxy groups -OCH3 is 1. The summed E-state index contributed by atoms with van der Waals surface area (Å²) < 4.78 is 19.4. The maximum absolute atomic E-state index is 13.4. The molecule has 1 heterocycles. The minimum atomic E-state index is -0.713. The van der Waals surface area contributed by atoms with Gasteiger partial charge in [-0.25, -0.2) is 13.9 Å². The van der Waals surface area contributed by atoms with E-state index in [1.54, 1.807) is 19.1 Å². The van der Waals surface area contributed by atoms with Gasteiger partial charge in [0, 0.05) is 12.1 Å². The number of hydrogen-bond acceptors (Lipinski definition) is 4. The van der Waals surface area contributed by atoms with E-state index in [1.807, 2.05) is 13.8 Å². The average molecular weight is 318 g/mol. The number of ether oxygens (including phenoxy) is 1. The zero-order chi connectivity index (χ0) is 17.1. The van der Waals surface area contributed by atoms with E-state index in [0.717, 1.165) is 0 Å². The summed E-state index contributed by atoms with van der Waals surface area (Å²) in [6, 6.07) is 5.92. The summed E-state index contributed by atoms with van der Waals surface area (Å²) >= 11 is 0. The van der Waals surface area contributed by atoms with Gasteiger partial charge in [0.05, 0.1) is 12.8 Å². The van der Waals surface area contributed by atoms with Crippen molar-refractivity contribution >= 4 is 5.97 Å². The van der Waals surface area contributed by atoms with Crippen LogP contribution < -0.4 is 5.56 Å². The molecule has 0 aliphatic heterocycles. The molecule has 2 aromatic rings. The first-order valence-corrected chi connectivity index (χ1v) is 7.30. The van der Waals surface area contributed by atoms with Crippen LogP contribution in [0.5, 0.6) is 0 Å². The maximum Gasteiger partial charge on any atom is 0.343 e. The Morgan fingerprint density at radius 2 is 2.04 bits per heavy atom. The molecule has 0 atom stereocenters. The minimum Gasteiger partial charge on any atom is -0.465 e. The molecule has 122 valence electrons. The Kier molecular flexibility index (Phi) is 4.93. The predicted molar refractivity (Wildman–Crippen MR) is 84.8 cm³/mol. The van der Waals surface area contributed by atoms with E-state index in [0.29, 0.717) is 23.4 Å². The van der Waals surface area contributed by atoms with Crippen LogP contribution in [0.2, 0.25) is 0 Å². The van der Waals surface area contributed by atoms with Gasteiger partial charge < -0.3 is 4.74 Å². The molecule has 5 nitrogen and oxygen atoms in total. The zero-order valence-electron chi connectivity index (χ0n) is 13.6. The van der Waals surface area contributed by atoms with Crippen LogP contribution >= 0.6 is 0 Å². The predicted octanol–water partition coefficient (Wildman–Crippen LogP) is 2.80. The van der Waals surface area contributed by atoms with Gasteiger partial charge >= 0.3 is 5.97 Å². The van der Waals surface area contributed by atoms with Crippen molar-refractivity contribution in [2.24, 2.45) is 5.92 Å².